The van der Waals surface area contributed by atoms with Gasteiger partial charge in [-0.05, 0) is 43.4 Å². The fraction of sp³-hybridized carbons (Fsp3) is 0.556. The van der Waals surface area contributed by atoms with Crippen LogP contribution in [0.3, 0.4) is 0 Å². The molecule has 9 heteroatoms. The Balaban J connectivity index is 1.76. The molecule has 3 atom stereocenters. The molecule has 1 saturated heterocycles. The molecule has 1 heterocycles. The first-order valence-electron chi connectivity index (χ1n) is 8.88. The predicted octanol–water partition coefficient (Wildman–Crippen LogP) is 3.42. The van der Waals surface area contributed by atoms with Gasteiger partial charge in [-0.25, -0.2) is 0 Å². The molecule has 1 aromatic rings. The van der Waals surface area contributed by atoms with Gasteiger partial charge in [0.15, 0.2) is 0 Å². The average Bonchev–Trinajstić information content (AvgIpc) is 2.94. The lowest BCUT2D eigenvalue weighted by Gasteiger charge is -2.32. The second-order valence-electron chi connectivity index (χ2n) is 7.17. The van der Waals surface area contributed by atoms with Gasteiger partial charge in [0.1, 0.15) is 0 Å². The highest BCUT2D eigenvalue weighted by atomic mass is 35.5. The number of primary amides is 1. The van der Waals surface area contributed by atoms with Gasteiger partial charge in [-0.1, -0.05) is 24.4 Å². The van der Waals surface area contributed by atoms with Crippen LogP contribution < -0.4 is 11.1 Å². The van der Waals surface area contributed by atoms with Gasteiger partial charge in [-0.15, -0.1) is 0 Å². The molecule has 0 radical (unpaired) electrons. The van der Waals surface area contributed by atoms with E-state index in [-0.39, 0.29) is 23.3 Å². The molecule has 5 nitrogen and oxygen atoms in total. The van der Waals surface area contributed by atoms with Gasteiger partial charge in [0, 0.05) is 11.1 Å². The van der Waals surface area contributed by atoms with Crippen molar-refractivity contribution in [2.45, 2.75) is 50.4 Å². The summed E-state index contributed by atoms with van der Waals surface area (Å²) in [6.45, 7) is -0.172. The Labute approximate surface area is 160 Å². The van der Waals surface area contributed by atoms with E-state index in [9.17, 15) is 22.8 Å². The van der Waals surface area contributed by atoms with E-state index >= 15 is 0 Å². The molecule has 0 bridgehead atoms. The van der Waals surface area contributed by atoms with Crippen LogP contribution in [0.1, 0.15) is 37.7 Å². The SMILES string of the molecule is NC(=O)[C@@H]1C[C@@H]2CCCC[C@H]2N1CC(=O)Nc1ccc(Cl)cc1C(F)(F)F. The lowest BCUT2D eigenvalue weighted by molar-refractivity contribution is -0.137. The van der Waals surface area contributed by atoms with Crippen LogP contribution in [0.2, 0.25) is 5.02 Å². The van der Waals surface area contributed by atoms with E-state index in [0.29, 0.717) is 12.3 Å². The molecule has 1 aliphatic heterocycles. The van der Waals surface area contributed by atoms with Gasteiger partial charge < -0.3 is 11.1 Å². The van der Waals surface area contributed by atoms with Crippen molar-refractivity contribution in [3.63, 3.8) is 0 Å². The summed E-state index contributed by atoms with van der Waals surface area (Å²) in [6, 6.07) is 2.69. The maximum Gasteiger partial charge on any atom is 0.418 e. The van der Waals surface area contributed by atoms with Crippen molar-refractivity contribution in [2.75, 3.05) is 11.9 Å². The first-order valence-corrected chi connectivity index (χ1v) is 9.26. The molecule has 27 heavy (non-hydrogen) atoms. The number of rotatable bonds is 4. The number of carbonyl (C=O) groups excluding carboxylic acids is 2. The molecule has 1 aliphatic carbocycles. The monoisotopic (exact) mass is 403 g/mol. The van der Waals surface area contributed by atoms with Crippen LogP contribution in [0.25, 0.3) is 0 Å². The maximum absolute atomic E-state index is 13.2. The summed E-state index contributed by atoms with van der Waals surface area (Å²) in [6.07, 6.45) is -0.140. The van der Waals surface area contributed by atoms with Crippen LogP contribution >= 0.6 is 11.6 Å². The summed E-state index contributed by atoms with van der Waals surface area (Å²) in [4.78, 5) is 26.0. The Morgan fingerprint density at radius 2 is 1.96 bits per heavy atom. The Morgan fingerprint density at radius 3 is 2.63 bits per heavy atom. The number of carbonyl (C=O) groups is 2. The van der Waals surface area contributed by atoms with Crippen LogP contribution in [0.15, 0.2) is 18.2 Å². The molecule has 0 spiro atoms. The molecule has 1 aromatic carbocycles. The van der Waals surface area contributed by atoms with Gasteiger partial charge in [-0.2, -0.15) is 13.2 Å². The highest BCUT2D eigenvalue weighted by Crippen LogP contribution is 2.40. The number of benzene rings is 1. The van der Waals surface area contributed by atoms with Crippen LogP contribution in [0.5, 0.6) is 0 Å². The van der Waals surface area contributed by atoms with Crippen molar-refractivity contribution in [1.82, 2.24) is 4.90 Å². The molecule has 2 amide bonds. The van der Waals surface area contributed by atoms with Crippen LogP contribution in [-0.4, -0.2) is 35.3 Å². The van der Waals surface area contributed by atoms with Gasteiger partial charge >= 0.3 is 6.18 Å². The number of hydrogen-bond donors (Lipinski definition) is 2. The number of fused-ring (bicyclic) bond motifs is 1. The average molecular weight is 404 g/mol. The van der Waals surface area contributed by atoms with Crippen molar-refractivity contribution in [3.05, 3.63) is 28.8 Å². The van der Waals surface area contributed by atoms with Crippen LogP contribution in [-0.2, 0) is 15.8 Å². The predicted molar refractivity (Wildman–Crippen MR) is 95.1 cm³/mol. The van der Waals surface area contributed by atoms with E-state index < -0.39 is 29.6 Å². The van der Waals surface area contributed by atoms with Crippen LogP contribution in [0, 0.1) is 5.92 Å². The number of likely N-dealkylation sites (tertiary alicyclic amines) is 1. The summed E-state index contributed by atoms with van der Waals surface area (Å²) >= 11 is 5.65. The van der Waals surface area contributed by atoms with Crippen molar-refractivity contribution >= 4 is 29.1 Å². The first kappa shape index (κ1) is 19.9. The minimum Gasteiger partial charge on any atom is -0.368 e. The second-order valence-corrected chi connectivity index (χ2v) is 7.61. The summed E-state index contributed by atoms with van der Waals surface area (Å²) in [7, 11) is 0. The lowest BCUT2D eigenvalue weighted by atomic mass is 9.84. The quantitative estimate of drug-likeness (QED) is 0.808. The Morgan fingerprint density at radius 1 is 1.26 bits per heavy atom. The maximum atomic E-state index is 13.2. The number of hydrogen-bond acceptors (Lipinski definition) is 3. The Bertz CT molecular complexity index is 741. The number of halogens is 4. The molecule has 0 aromatic heterocycles. The first-order chi connectivity index (χ1) is 12.7. The highest BCUT2D eigenvalue weighted by molar-refractivity contribution is 6.30. The summed E-state index contributed by atoms with van der Waals surface area (Å²) in [5, 5.41) is 2.24. The number of anilines is 1. The minimum absolute atomic E-state index is 0.0642. The van der Waals surface area contributed by atoms with Gasteiger partial charge in [0.25, 0.3) is 0 Å². The molecule has 1 saturated carbocycles. The molecule has 3 rings (SSSR count). The summed E-state index contributed by atoms with van der Waals surface area (Å²) in [5.41, 5.74) is 4.13. The van der Waals surface area contributed by atoms with E-state index in [1.54, 1.807) is 4.90 Å². The summed E-state index contributed by atoms with van der Waals surface area (Å²) in [5.74, 6) is -0.815. The fourth-order valence-corrected chi connectivity index (χ4v) is 4.45. The highest BCUT2D eigenvalue weighted by Gasteiger charge is 2.45. The molecule has 2 aliphatic rings. The molecular formula is C18H21ClF3N3O2. The third kappa shape index (κ3) is 4.38. The zero-order valence-corrected chi connectivity index (χ0v) is 15.3. The van der Waals surface area contributed by atoms with Crippen molar-refractivity contribution in [2.24, 2.45) is 11.7 Å². The molecule has 2 fully saturated rings. The zero-order valence-electron chi connectivity index (χ0n) is 14.6. The molecular weight excluding hydrogens is 383 g/mol. The van der Waals surface area contributed by atoms with Crippen molar-refractivity contribution < 1.29 is 22.8 Å². The lowest BCUT2D eigenvalue weighted by Crippen LogP contribution is -2.48. The Kier molecular flexibility index (Phi) is 5.67. The normalized spacial score (nSPS) is 25.9. The van der Waals surface area contributed by atoms with E-state index in [1.807, 2.05) is 0 Å². The third-order valence-corrected chi connectivity index (χ3v) is 5.67. The minimum atomic E-state index is -4.65. The van der Waals surface area contributed by atoms with Crippen molar-refractivity contribution in [1.29, 1.82) is 0 Å². The molecule has 3 N–H and O–H groups in total. The smallest absolute Gasteiger partial charge is 0.368 e. The van der Waals surface area contributed by atoms with Gasteiger partial charge in [0.2, 0.25) is 11.8 Å². The molecule has 0 unspecified atom stereocenters. The van der Waals surface area contributed by atoms with Crippen LogP contribution in [0.4, 0.5) is 18.9 Å². The largest absolute Gasteiger partial charge is 0.418 e. The van der Waals surface area contributed by atoms with E-state index in [0.717, 1.165) is 37.8 Å². The number of alkyl halides is 3. The number of nitrogens with zero attached hydrogens (tertiary/aromatic N) is 1. The summed E-state index contributed by atoms with van der Waals surface area (Å²) < 4.78 is 39.6. The van der Waals surface area contributed by atoms with Gasteiger partial charge in [0.05, 0.1) is 23.8 Å². The van der Waals surface area contributed by atoms with E-state index in [1.165, 1.54) is 6.07 Å². The van der Waals surface area contributed by atoms with E-state index in [4.69, 9.17) is 17.3 Å². The molecule has 148 valence electrons. The van der Waals surface area contributed by atoms with E-state index in [2.05, 4.69) is 5.32 Å². The number of amides is 2. The second kappa shape index (κ2) is 7.67. The topological polar surface area (TPSA) is 75.4 Å². The Hall–Kier alpha value is -1.80. The zero-order chi connectivity index (χ0) is 19.8. The third-order valence-electron chi connectivity index (χ3n) is 5.44. The van der Waals surface area contributed by atoms with Gasteiger partial charge in [-0.3, -0.25) is 14.5 Å². The number of nitrogens with one attached hydrogen (secondary N) is 1. The number of nitrogens with two attached hydrogens (primary N) is 1. The fourth-order valence-electron chi connectivity index (χ4n) is 4.28. The van der Waals surface area contributed by atoms with Crippen molar-refractivity contribution in [3.8, 4) is 0 Å². The standard InChI is InChI=1S/C18H21ClF3N3O2/c19-11-5-6-13(12(8-11)18(20,21)22)24-16(26)9-25-14-4-2-1-3-10(14)7-15(25)17(23)27/h5-6,8,10,14-15H,1-4,7,9H2,(H2,23,27)(H,24,26)/t10-,14+,15-/m0/s1.